The normalized spacial score (nSPS) is 28.8. The van der Waals surface area contributed by atoms with E-state index in [9.17, 15) is 27.1 Å². The molecule has 0 aliphatic carbocycles. The van der Waals surface area contributed by atoms with E-state index in [0.29, 0.717) is 10.8 Å². The average molecular weight is 425 g/mol. The lowest BCUT2D eigenvalue weighted by molar-refractivity contribution is -0.193. The lowest BCUT2D eigenvalue weighted by atomic mass is 10.2. The summed E-state index contributed by atoms with van der Waals surface area (Å²) in [5.41, 5.74) is 3.89. The number of aromatic nitrogens is 2. The molecule has 0 amide bonds. The molecule has 1 saturated heterocycles. The first-order valence-corrected chi connectivity index (χ1v) is 9.54. The van der Waals surface area contributed by atoms with Gasteiger partial charge in [0.25, 0.3) is 5.85 Å². The fourth-order valence-corrected chi connectivity index (χ4v) is 3.59. The second kappa shape index (κ2) is 7.02. The summed E-state index contributed by atoms with van der Waals surface area (Å²) in [5.74, 6) is -5.31. The van der Waals surface area contributed by atoms with Crippen LogP contribution in [-0.2, 0) is 22.7 Å². The minimum Gasteiger partial charge on any atom is -0.381 e. The summed E-state index contributed by atoms with van der Waals surface area (Å²) in [6.07, 6.45) is -4.55. The van der Waals surface area contributed by atoms with E-state index in [1.165, 1.54) is 0 Å². The zero-order valence-corrected chi connectivity index (χ0v) is 14.2. The van der Waals surface area contributed by atoms with Gasteiger partial charge >= 0.3 is 21.3 Å². The van der Waals surface area contributed by atoms with Gasteiger partial charge in [-0.3, -0.25) is 9.09 Å². The van der Waals surface area contributed by atoms with Crippen molar-refractivity contribution in [2.45, 2.75) is 24.7 Å². The number of nitrogens with two attached hydrogens (primary N) is 1. The molecule has 2 heterocycles. The summed E-state index contributed by atoms with van der Waals surface area (Å²) in [6.45, 7) is -1.63. The van der Waals surface area contributed by atoms with E-state index in [1.54, 1.807) is 0 Å². The highest BCUT2D eigenvalue weighted by molar-refractivity contribution is 7.60. The summed E-state index contributed by atoms with van der Waals surface area (Å²) in [7, 11) is -10.9. The number of ether oxygens (including phenoxy) is 1. The van der Waals surface area contributed by atoms with E-state index < -0.39 is 64.3 Å². The number of alkyl halides is 2. The fraction of sp³-hybridized carbons (Fsp3) is 0.556. The number of nitrogens with zero attached hydrogens (tertiary/aromatic N) is 2. The van der Waals surface area contributed by atoms with Crippen LogP contribution in [0.25, 0.3) is 0 Å². The van der Waals surface area contributed by atoms with Gasteiger partial charge in [0, 0.05) is 6.42 Å². The lowest BCUT2D eigenvalue weighted by Gasteiger charge is -2.23. The highest BCUT2D eigenvalue weighted by Crippen LogP contribution is 2.58. The average Bonchev–Trinajstić information content (AvgIpc) is 2.75. The van der Waals surface area contributed by atoms with Crippen LogP contribution in [0.5, 0.6) is 0 Å². The molecule has 0 saturated carbocycles. The van der Waals surface area contributed by atoms with Crippen molar-refractivity contribution in [1.82, 2.24) is 9.55 Å². The monoisotopic (exact) mass is 425 g/mol. The Bertz CT molecular complexity index is 847. The van der Waals surface area contributed by atoms with Crippen LogP contribution in [0.15, 0.2) is 11.0 Å². The molecule has 1 unspecified atom stereocenters. The van der Waals surface area contributed by atoms with Crippen molar-refractivity contribution in [3.05, 3.63) is 22.5 Å². The molecule has 0 radical (unpaired) electrons. The standard InChI is InChI=1S/C9H12F3N3O9P2/c10-4-2-15(8(16)14-7(4)13)6-1-5(11)9(12,23-6)3-22-26(20,21)24-25(17,18)19/h2,5-6H,1,3H2,(H,20,21)(H2,13,14,16)(H2,17,18,19)/t5-,6+,9+/m0/s1. The van der Waals surface area contributed by atoms with Crippen LogP contribution in [0.4, 0.5) is 19.0 Å². The van der Waals surface area contributed by atoms with Crippen LogP contribution in [-0.4, -0.2) is 42.9 Å². The number of hydrogen-bond acceptors (Lipinski definition) is 8. The summed E-state index contributed by atoms with van der Waals surface area (Å²) in [6, 6.07) is 0. The Morgan fingerprint density at radius 3 is 2.65 bits per heavy atom. The predicted octanol–water partition coefficient (Wildman–Crippen LogP) is 0.114. The Morgan fingerprint density at radius 2 is 2.08 bits per heavy atom. The molecule has 1 fully saturated rings. The zero-order valence-electron chi connectivity index (χ0n) is 12.4. The van der Waals surface area contributed by atoms with Crippen molar-refractivity contribution in [3.63, 3.8) is 0 Å². The Labute approximate surface area is 142 Å². The number of halogens is 3. The zero-order chi connectivity index (χ0) is 19.9. The summed E-state index contributed by atoms with van der Waals surface area (Å²) >= 11 is 0. The van der Waals surface area contributed by atoms with Crippen molar-refractivity contribution in [2.24, 2.45) is 0 Å². The topological polar surface area (TPSA) is 183 Å². The Balaban J connectivity index is 2.14. The van der Waals surface area contributed by atoms with Gasteiger partial charge in [-0.2, -0.15) is 9.29 Å². The first-order chi connectivity index (χ1) is 11.7. The van der Waals surface area contributed by atoms with E-state index in [1.807, 2.05) is 0 Å². The lowest BCUT2D eigenvalue weighted by Crippen LogP contribution is -2.37. The van der Waals surface area contributed by atoms with E-state index in [-0.39, 0.29) is 0 Å². The maximum atomic E-state index is 14.5. The van der Waals surface area contributed by atoms with E-state index in [2.05, 4.69) is 18.6 Å². The molecule has 1 aromatic heterocycles. The number of rotatable bonds is 6. The highest BCUT2D eigenvalue weighted by Gasteiger charge is 2.53. The largest absolute Gasteiger partial charge is 0.481 e. The van der Waals surface area contributed by atoms with Crippen molar-refractivity contribution in [3.8, 4) is 0 Å². The minimum absolute atomic E-state index is 0.407. The number of phosphoric ester groups is 1. The van der Waals surface area contributed by atoms with Crippen molar-refractivity contribution in [1.29, 1.82) is 0 Å². The van der Waals surface area contributed by atoms with Gasteiger partial charge in [-0.25, -0.2) is 27.1 Å². The van der Waals surface area contributed by atoms with Crippen LogP contribution in [0.2, 0.25) is 0 Å². The van der Waals surface area contributed by atoms with E-state index >= 15 is 0 Å². The quantitative estimate of drug-likeness (QED) is 0.454. The van der Waals surface area contributed by atoms with Gasteiger partial charge in [0.1, 0.15) is 12.8 Å². The number of hydrogen-bond donors (Lipinski definition) is 4. The van der Waals surface area contributed by atoms with Crippen molar-refractivity contribution >= 4 is 21.5 Å². The molecule has 0 aromatic carbocycles. The molecule has 1 aliphatic rings. The Morgan fingerprint density at radius 1 is 1.46 bits per heavy atom. The maximum absolute atomic E-state index is 14.5. The molecule has 1 aromatic rings. The number of anilines is 1. The van der Waals surface area contributed by atoms with Crippen LogP contribution < -0.4 is 11.4 Å². The predicted molar refractivity (Wildman–Crippen MR) is 75.2 cm³/mol. The molecule has 148 valence electrons. The fourth-order valence-electron chi connectivity index (χ4n) is 1.99. The summed E-state index contributed by atoms with van der Waals surface area (Å²) in [4.78, 5) is 40.6. The van der Waals surface area contributed by atoms with Gasteiger partial charge in [-0.1, -0.05) is 0 Å². The molecule has 4 atom stereocenters. The van der Waals surface area contributed by atoms with Crippen molar-refractivity contribution < 1.29 is 50.6 Å². The third kappa shape index (κ3) is 4.90. The molecule has 0 bridgehead atoms. The summed E-state index contributed by atoms with van der Waals surface area (Å²) < 4.78 is 75.9. The molecule has 17 heteroatoms. The van der Waals surface area contributed by atoms with Crippen molar-refractivity contribution in [2.75, 3.05) is 12.3 Å². The molecular weight excluding hydrogens is 413 g/mol. The van der Waals surface area contributed by atoms with Gasteiger partial charge in [0.2, 0.25) is 0 Å². The first-order valence-electron chi connectivity index (χ1n) is 6.51. The second-order valence-electron chi connectivity index (χ2n) is 5.04. The van der Waals surface area contributed by atoms with Gasteiger partial charge in [0.05, 0.1) is 6.20 Å². The summed E-state index contributed by atoms with van der Waals surface area (Å²) in [5, 5.41) is 0. The highest BCUT2D eigenvalue weighted by atomic mass is 31.3. The van der Waals surface area contributed by atoms with Crippen LogP contribution >= 0.6 is 15.6 Å². The molecule has 0 spiro atoms. The molecule has 1 aliphatic heterocycles. The van der Waals surface area contributed by atoms with E-state index in [0.717, 1.165) is 0 Å². The van der Waals surface area contributed by atoms with E-state index in [4.69, 9.17) is 20.4 Å². The third-order valence-electron chi connectivity index (χ3n) is 3.09. The van der Waals surface area contributed by atoms with Gasteiger partial charge < -0.3 is 25.2 Å². The molecular formula is C9H12F3N3O9P2. The Hall–Kier alpha value is -1.31. The molecule has 26 heavy (non-hydrogen) atoms. The maximum Gasteiger partial charge on any atom is 0.481 e. The first kappa shape index (κ1) is 21.0. The van der Waals surface area contributed by atoms with Crippen LogP contribution in [0, 0.1) is 5.82 Å². The minimum atomic E-state index is -5.46. The number of nitrogen functional groups attached to an aromatic ring is 1. The molecule has 5 N–H and O–H groups in total. The van der Waals surface area contributed by atoms with Gasteiger partial charge in [-0.05, 0) is 0 Å². The smallest absolute Gasteiger partial charge is 0.381 e. The van der Waals surface area contributed by atoms with Gasteiger partial charge in [-0.15, -0.1) is 0 Å². The Kier molecular flexibility index (Phi) is 5.67. The van der Waals surface area contributed by atoms with Crippen LogP contribution in [0.1, 0.15) is 12.6 Å². The molecule has 2 rings (SSSR count). The third-order valence-corrected chi connectivity index (χ3v) is 5.22. The SMILES string of the molecule is Nc1nc(=O)n([C@H]2C[C@H](F)[C@@](F)(COP(=O)(O)OP(=O)(O)O)O2)cc1F. The van der Waals surface area contributed by atoms with Crippen LogP contribution in [0.3, 0.4) is 0 Å². The number of phosphoric acid groups is 2. The molecule has 12 nitrogen and oxygen atoms in total. The van der Waals surface area contributed by atoms with Gasteiger partial charge in [0.15, 0.2) is 17.8 Å². The second-order valence-corrected chi connectivity index (χ2v) is 7.87.